The molecule has 2 aromatic heterocycles. The van der Waals surface area contributed by atoms with Gasteiger partial charge in [-0.3, -0.25) is 9.59 Å². The fourth-order valence-corrected chi connectivity index (χ4v) is 6.04. The van der Waals surface area contributed by atoms with E-state index in [-0.39, 0.29) is 17.5 Å². The van der Waals surface area contributed by atoms with Gasteiger partial charge >= 0.3 is 0 Å². The number of carbonyl (C=O) groups excluding carboxylic acids is 1. The van der Waals surface area contributed by atoms with Gasteiger partial charge in [0.2, 0.25) is 0 Å². The Kier molecular flexibility index (Phi) is 5.95. The van der Waals surface area contributed by atoms with E-state index in [1.54, 1.807) is 0 Å². The molecule has 0 spiro atoms. The summed E-state index contributed by atoms with van der Waals surface area (Å²) in [5, 5.41) is 12.9. The molecule has 1 aliphatic carbocycles. The average Bonchev–Trinajstić information content (AvgIpc) is 3.23. The Morgan fingerprint density at radius 1 is 1.09 bits per heavy atom. The van der Waals surface area contributed by atoms with Crippen LogP contribution in [0.15, 0.2) is 29.1 Å². The van der Waals surface area contributed by atoms with E-state index in [4.69, 9.17) is 0 Å². The van der Waals surface area contributed by atoms with Gasteiger partial charge in [-0.25, -0.2) is 10.1 Å². The minimum Gasteiger partial charge on any atom is -0.349 e. The Labute approximate surface area is 191 Å². The van der Waals surface area contributed by atoms with Crippen molar-refractivity contribution in [2.75, 3.05) is 18.0 Å². The van der Waals surface area contributed by atoms with Crippen LogP contribution in [-0.2, 0) is 0 Å². The van der Waals surface area contributed by atoms with Crippen LogP contribution in [0.4, 0.5) is 5.13 Å². The van der Waals surface area contributed by atoms with Gasteiger partial charge in [0.15, 0.2) is 5.13 Å². The summed E-state index contributed by atoms with van der Waals surface area (Å²) in [6.45, 7) is 4.00. The Morgan fingerprint density at radius 2 is 1.81 bits per heavy atom. The highest BCUT2D eigenvalue weighted by Crippen LogP contribution is 2.35. The first-order valence-electron chi connectivity index (χ1n) is 11.6. The molecule has 2 N–H and O–H groups in total. The Hall–Kier alpha value is -2.74. The number of rotatable bonds is 4. The average molecular weight is 452 g/mol. The van der Waals surface area contributed by atoms with E-state index in [2.05, 4.69) is 25.4 Å². The summed E-state index contributed by atoms with van der Waals surface area (Å²) in [5.41, 5.74) is 1.65. The van der Waals surface area contributed by atoms with Crippen molar-refractivity contribution in [2.24, 2.45) is 0 Å². The Morgan fingerprint density at radius 3 is 2.56 bits per heavy atom. The molecule has 5 rings (SSSR count). The first-order valence-corrected chi connectivity index (χ1v) is 12.4. The van der Waals surface area contributed by atoms with Crippen LogP contribution in [-0.4, -0.2) is 40.2 Å². The molecule has 1 saturated carbocycles. The van der Waals surface area contributed by atoms with Gasteiger partial charge in [-0.2, -0.15) is 5.10 Å². The number of fused-ring (bicyclic) bond motifs is 1. The van der Waals surface area contributed by atoms with Crippen LogP contribution in [0.5, 0.6) is 0 Å². The maximum Gasteiger partial charge on any atom is 0.272 e. The number of piperidine rings is 1. The number of nitrogens with one attached hydrogen (secondary N) is 2. The van der Waals surface area contributed by atoms with Crippen molar-refractivity contribution in [3.63, 3.8) is 0 Å². The molecule has 0 bridgehead atoms. The number of hydrogen-bond acceptors (Lipinski definition) is 6. The van der Waals surface area contributed by atoms with Crippen molar-refractivity contribution in [3.05, 3.63) is 50.9 Å². The fourth-order valence-electron chi connectivity index (χ4n) is 5.02. The van der Waals surface area contributed by atoms with Crippen LogP contribution in [0.3, 0.4) is 0 Å². The van der Waals surface area contributed by atoms with E-state index in [0.717, 1.165) is 65.6 Å². The number of anilines is 1. The van der Waals surface area contributed by atoms with E-state index in [9.17, 15) is 9.59 Å². The summed E-state index contributed by atoms with van der Waals surface area (Å²) in [5.74, 6) is 0.292. The molecule has 1 aromatic carbocycles. The summed E-state index contributed by atoms with van der Waals surface area (Å²) in [6.07, 6.45) is 7.36. The molecule has 3 aromatic rings. The predicted molar refractivity (Wildman–Crippen MR) is 128 cm³/mol. The maximum absolute atomic E-state index is 13.0. The first-order chi connectivity index (χ1) is 15.6. The number of benzene rings is 1. The Bertz CT molecular complexity index is 1170. The third-order valence-corrected chi connectivity index (χ3v) is 8.01. The van der Waals surface area contributed by atoms with Crippen LogP contribution in [0, 0.1) is 6.92 Å². The van der Waals surface area contributed by atoms with Crippen LogP contribution in [0.25, 0.3) is 10.8 Å². The van der Waals surface area contributed by atoms with E-state index in [1.165, 1.54) is 30.6 Å². The number of thiazole rings is 1. The van der Waals surface area contributed by atoms with Crippen molar-refractivity contribution in [1.29, 1.82) is 0 Å². The van der Waals surface area contributed by atoms with Crippen LogP contribution in [0.1, 0.15) is 71.9 Å². The van der Waals surface area contributed by atoms with Crippen molar-refractivity contribution in [3.8, 4) is 0 Å². The minimum atomic E-state index is -0.144. The normalized spacial score (nSPS) is 21.6. The lowest BCUT2D eigenvalue weighted by atomic mass is 9.82. The van der Waals surface area contributed by atoms with E-state index < -0.39 is 0 Å². The van der Waals surface area contributed by atoms with Crippen molar-refractivity contribution < 1.29 is 4.79 Å². The zero-order valence-corrected chi connectivity index (χ0v) is 19.2. The molecule has 8 heteroatoms. The lowest BCUT2D eigenvalue weighted by molar-refractivity contribution is 0.0929. The number of aromatic nitrogens is 3. The van der Waals surface area contributed by atoms with Crippen LogP contribution < -0.4 is 15.8 Å². The minimum absolute atomic E-state index is 0.000625. The van der Waals surface area contributed by atoms with Crippen molar-refractivity contribution >= 4 is 33.1 Å². The standard InChI is InChI=1S/C24H29N5O2S/c1-15-21(32-24(25-15)29-13-5-2-6-14-29)23(31)26-17-11-9-16(10-12-17)20-18-7-3-4-8-19(18)22(30)28-27-20/h3-4,7-8,16-17H,2,5-6,9-14H2,1H3,(H,26,31)(H,28,30). The van der Waals surface area contributed by atoms with E-state index in [1.807, 2.05) is 31.2 Å². The van der Waals surface area contributed by atoms with E-state index >= 15 is 0 Å². The van der Waals surface area contributed by atoms with Crippen molar-refractivity contribution in [1.82, 2.24) is 20.5 Å². The third-order valence-electron chi connectivity index (χ3n) is 6.79. The highest BCUT2D eigenvalue weighted by atomic mass is 32.1. The Balaban J connectivity index is 1.23. The number of amides is 1. The first kappa shape index (κ1) is 21.1. The lowest BCUT2D eigenvalue weighted by Crippen LogP contribution is -2.37. The van der Waals surface area contributed by atoms with Gasteiger partial charge in [0.25, 0.3) is 11.5 Å². The molecule has 7 nitrogen and oxygen atoms in total. The smallest absolute Gasteiger partial charge is 0.272 e. The molecule has 1 saturated heterocycles. The van der Waals surface area contributed by atoms with E-state index in [0.29, 0.717) is 11.3 Å². The highest BCUT2D eigenvalue weighted by molar-refractivity contribution is 7.17. The molecular formula is C24H29N5O2S. The second-order valence-electron chi connectivity index (χ2n) is 8.96. The van der Waals surface area contributed by atoms with Gasteiger partial charge in [0.1, 0.15) is 4.88 Å². The fraction of sp³-hybridized carbons (Fsp3) is 0.500. The number of hydrogen-bond donors (Lipinski definition) is 2. The van der Waals surface area contributed by atoms with Gasteiger partial charge in [-0.05, 0) is 57.9 Å². The largest absolute Gasteiger partial charge is 0.349 e. The highest BCUT2D eigenvalue weighted by Gasteiger charge is 2.28. The second kappa shape index (κ2) is 9.02. The summed E-state index contributed by atoms with van der Waals surface area (Å²) in [4.78, 5) is 32.8. The molecule has 0 atom stereocenters. The molecule has 1 aliphatic heterocycles. The van der Waals surface area contributed by atoms with Gasteiger partial charge in [0.05, 0.1) is 16.8 Å². The van der Waals surface area contributed by atoms with Gasteiger partial charge < -0.3 is 10.2 Å². The zero-order valence-electron chi connectivity index (χ0n) is 18.4. The molecule has 0 unspecified atom stereocenters. The number of aryl methyl sites for hydroxylation is 1. The quantitative estimate of drug-likeness (QED) is 0.622. The summed E-state index contributed by atoms with van der Waals surface area (Å²) >= 11 is 1.52. The number of carbonyl (C=O) groups is 1. The summed E-state index contributed by atoms with van der Waals surface area (Å²) in [7, 11) is 0. The maximum atomic E-state index is 13.0. The molecular weight excluding hydrogens is 422 g/mol. The number of H-pyrrole nitrogens is 1. The molecule has 2 fully saturated rings. The SMILES string of the molecule is Cc1nc(N2CCCCC2)sc1C(=O)NC1CCC(c2n[nH]c(=O)c3ccccc23)CC1. The third kappa shape index (κ3) is 4.16. The molecule has 3 heterocycles. The molecule has 32 heavy (non-hydrogen) atoms. The summed E-state index contributed by atoms with van der Waals surface area (Å²) < 4.78 is 0. The van der Waals surface area contributed by atoms with Gasteiger partial charge in [0, 0.05) is 30.4 Å². The second-order valence-corrected chi connectivity index (χ2v) is 9.94. The molecule has 1 amide bonds. The predicted octanol–water partition coefficient (Wildman–Crippen LogP) is 4.13. The number of aromatic amines is 1. The zero-order chi connectivity index (χ0) is 22.1. The van der Waals surface area contributed by atoms with Crippen LogP contribution in [0.2, 0.25) is 0 Å². The lowest BCUT2D eigenvalue weighted by Gasteiger charge is -2.29. The molecule has 2 aliphatic rings. The molecule has 0 radical (unpaired) electrons. The molecule has 168 valence electrons. The van der Waals surface area contributed by atoms with Crippen LogP contribution >= 0.6 is 11.3 Å². The monoisotopic (exact) mass is 451 g/mol. The number of nitrogens with zero attached hydrogens (tertiary/aromatic N) is 3. The topological polar surface area (TPSA) is 91.0 Å². The van der Waals surface area contributed by atoms with Gasteiger partial charge in [-0.1, -0.05) is 29.5 Å². The van der Waals surface area contributed by atoms with Crippen molar-refractivity contribution in [2.45, 2.75) is 63.8 Å². The summed E-state index contributed by atoms with van der Waals surface area (Å²) in [6, 6.07) is 7.82. The van der Waals surface area contributed by atoms with Gasteiger partial charge in [-0.15, -0.1) is 0 Å².